The van der Waals surface area contributed by atoms with Gasteiger partial charge in [-0.1, -0.05) is 25.9 Å². The number of hydrogen-bond donors (Lipinski definition) is 0. The fourth-order valence-electron chi connectivity index (χ4n) is 5.82. The maximum atomic E-state index is 13.4. The zero-order valence-corrected chi connectivity index (χ0v) is 16.6. The first-order chi connectivity index (χ1) is 12.9. The van der Waals surface area contributed by atoms with Crippen LogP contribution < -0.4 is 0 Å². The van der Waals surface area contributed by atoms with Crippen molar-refractivity contribution in [3.8, 4) is 0 Å². The Hall–Kier alpha value is -1.91. The summed E-state index contributed by atoms with van der Waals surface area (Å²) >= 11 is 0. The van der Waals surface area contributed by atoms with Crippen LogP contribution in [0.15, 0.2) is 16.8 Å². The van der Waals surface area contributed by atoms with E-state index in [-0.39, 0.29) is 11.3 Å². The SMILES string of the molecule is CC(C)(C)Cc1noc2ncc(C(=O)N3CC4CC5CC(C4)CC3C5)cc12. The van der Waals surface area contributed by atoms with Crippen molar-refractivity contribution in [2.24, 2.45) is 23.2 Å². The lowest BCUT2D eigenvalue weighted by atomic mass is 9.68. The molecule has 4 bridgehead atoms. The van der Waals surface area contributed by atoms with Crippen LogP contribution in [0.4, 0.5) is 0 Å². The first-order valence-electron chi connectivity index (χ1n) is 10.4. The highest BCUT2D eigenvalue weighted by molar-refractivity contribution is 5.97. The average Bonchev–Trinajstić information content (AvgIpc) is 2.87. The number of amides is 1. The Morgan fingerprint density at radius 1 is 1.15 bits per heavy atom. The second-order valence-corrected chi connectivity index (χ2v) is 10.3. The van der Waals surface area contributed by atoms with Gasteiger partial charge in [0.2, 0.25) is 0 Å². The number of aromatic nitrogens is 2. The molecule has 4 fully saturated rings. The van der Waals surface area contributed by atoms with E-state index in [4.69, 9.17) is 4.52 Å². The van der Waals surface area contributed by atoms with Crippen LogP contribution in [0.1, 0.15) is 68.9 Å². The first-order valence-corrected chi connectivity index (χ1v) is 10.4. The molecule has 0 radical (unpaired) electrons. The molecular weight excluding hydrogens is 338 g/mol. The molecule has 27 heavy (non-hydrogen) atoms. The molecule has 1 amide bonds. The highest BCUT2D eigenvalue weighted by atomic mass is 16.5. The summed E-state index contributed by atoms with van der Waals surface area (Å²) in [5, 5.41) is 5.10. The van der Waals surface area contributed by atoms with Gasteiger partial charge in [0.1, 0.15) is 0 Å². The summed E-state index contributed by atoms with van der Waals surface area (Å²) in [5.74, 6) is 2.50. The van der Waals surface area contributed by atoms with Crippen LogP contribution in [0, 0.1) is 23.2 Å². The number of carbonyl (C=O) groups is 1. The van der Waals surface area contributed by atoms with E-state index in [2.05, 4.69) is 35.8 Å². The maximum Gasteiger partial charge on any atom is 0.257 e. The number of pyridine rings is 1. The molecule has 0 aromatic carbocycles. The van der Waals surface area contributed by atoms with Crippen molar-refractivity contribution in [3.05, 3.63) is 23.5 Å². The van der Waals surface area contributed by atoms with Gasteiger partial charge in [-0.05, 0) is 67.8 Å². The molecule has 2 saturated heterocycles. The van der Waals surface area contributed by atoms with E-state index in [1.54, 1.807) is 6.20 Å². The standard InChI is InChI=1S/C22H29N3O2/c1-22(2,3)10-19-18-9-16(11-23-20(18)27-24-19)21(26)25-12-15-5-13-4-14(6-15)8-17(25)7-13/h9,11,13-15,17H,4-8,10,12H2,1-3H3. The number of carbonyl (C=O) groups excluding carboxylic acids is 1. The molecule has 2 saturated carbocycles. The zero-order valence-electron chi connectivity index (χ0n) is 16.6. The second kappa shape index (κ2) is 6.05. The van der Waals surface area contributed by atoms with Crippen LogP contribution in [0.25, 0.3) is 11.1 Å². The molecule has 6 rings (SSSR count). The van der Waals surface area contributed by atoms with Crippen molar-refractivity contribution >= 4 is 17.0 Å². The summed E-state index contributed by atoms with van der Waals surface area (Å²) in [6.07, 6.45) is 8.88. The molecule has 2 aromatic heterocycles. The average molecular weight is 367 g/mol. The third kappa shape index (κ3) is 3.15. The van der Waals surface area contributed by atoms with E-state index < -0.39 is 0 Å². The largest absolute Gasteiger partial charge is 0.336 e. The molecule has 5 nitrogen and oxygen atoms in total. The minimum Gasteiger partial charge on any atom is -0.336 e. The first kappa shape index (κ1) is 17.2. The van der Waals surface area contributed by atoms with E-state index in [0.717, 1.165) is 35.9 Å². The van der Waals surface area contributed by atoms with E-state index >= 15 is 0 Å². The number of nitrogens with zero attached hydrogens (tertiary/aromatic N) is 3. The highest BCUT2D eigenvalue weighted by Gasteiger charge is 2.44. The molecule has 0 N–H and O–H groups in total. The third-order valence-corrected chi connectivity index (χ3v) is 6.72. The molecule has 2 aliphatic carbocycles. The van der Waals surface area contributed by atoms with Gasteiger partial charge in [-0.15, -0.1) is 0 Å². The van der Waals surface area contributed by atoms with Gasteiger partial charge >= 0.3 is 0 Å². The topological polar surface area (TPSA) is 59.2 Å². The Morgan fingerprint density at radius 2 is 1.85 bits per heavy atom. The molecule has 2 atom stereocenters. The molecule has 2 aromatic rings. The normalized spacial score (nSPS) is 30.1. The van der Waals surface area contributed by atoms with E-state index in [0.29, 0.717) is 23.2 Å². The molecule has 144 valence electrons. The second-order valence-electron chi connectivity index (χ2n) is 10.3. The quantitative estimate of drug-likeness (QED) is 0.786. The predicted octanol–water partition coefficient (Wildman–Crippen LogP) is 4.46. The van der Waals surface area contributed by atoms with Crippen molar-refractivity contribution < 1.29 is 9.32 Å². The summed E-state index contributed by atoms with van der Waals surface area (Å²) in [7, 11) is 0. The van der Waals surface area contributed by atoms with Crippen molar-refractivity contribution in [3.63, 3.8) is 0 Å². The van der Waals surface area contributed by atoms with Gasteiger partial charge < -0.3 is 9.42 Å². The van der Waals surface area contributed by atoms with Gasteiger partial charge in [-0.25, -0.2) is 4.98 Å². The van der Waals surface area contributed by atoms with Crippen LogP contribution in [0.3, 0.4) is 0 Å². The fraction of sp³-hybridized carbons (Fsp3) is 0.682. The van der Waals surface area contributed by atoms with Gasteiger partial charge in [0.25, 0.3) is 11.6 Å². The summed E-state index contributed by atoms with van der Waals surface area (Å²) in [4.78, 5) is 20.0. The van der Waals surface area contributed by atoms with Crippen LogP contribution in [0.5, 0.6) is 0 Å². The lowest BCUT2D eigenvalue weighted by Crippen LogP contribution is -2.42. The lowest BCUT2D eigenvalue weighted by molar-refractivity contribution is 0.0632. The minimum atomic E-state index is 0.104. The third-order valence-electron chi connectivity index (χ3n) is 6.72. The zero-order chi connectivity index (χ0) is 18.8. The van der Waals surface area contributed by atoms with E-state index in [1.807, 2.05) is 6.07 Å². The van der Waals surface area contributed by atoms with Crippen molar-refractivity contribution in [1.82, 2.24) is 15.0 Å². The number of hydrogen-bond acceptors (Lipinski definition) is 4. The Labute approximate surface area is 160 Å². The molecule has 2 unspecified atom stereocenters. The van der Waals surface area contributed by atoms with Gasteiger partial charge in [0, 0.05) is 18.8 Å². The Bertz CT molecular complexity index is 867. The van der Waals surface area contributed by atoms with E-state index in [1.165, 1.54) is 32.1 Å². The van der Waals surface area contributed by atoms with Crippen molar-refractivity contribution in [2.75, 3.05) is 6.54 Å². The lowest BCUT2D eigenvalue weighted by Gasteiger charge is -2.39. The van der Waals surface area contributed by atoms with Crippen LogP contribution in [-0.2, 0) is 6.42 Å². The van der Waals surface area contributed by atoms with Crippen LogP contribution >= 0.6 is 0 Å². The summed E-state index contributed by atoms with van der Waals surface area (Å²) in [5.41, 5.74) is 2.21. The number of fused-ring (bicyclic) bond motifs is 2. The van der Waals surface area contributed by atoms with E-state index in [9.17, 15) is 4.79 Å². The van der Waals surface area contributed by atoms with Gasteiger partial charge in [-0.3, -0.25) is 4.79 Å². The maximum absolute atomic E-state index is 13.4. The van der Waals surface area contributed by atoms with Gasteiger partial charge in [0.15, 0.2) is 0 Å². The summed E-state index contributed by atoms with van der Waals surface area (Å²) < 4.78 is 5.40. The van der Waals surface area contributed by atoms with Crippen LogP contribution in [-0.4, -0.2) is 33.5 Å². The predicted molar refractivity (Wildman–Crippen MR) is 103 cm³/mol. The molecule has 0 spiro atoms. The monoisotopic (exact) mass is 367 g/mol. The molecule has 4 aliphatic rings. The molecular formula is C22H29N3O2. The van der Waals surface area contributed by atoms with Gasteiger partial charge in [-0.2, -0.15) is 0 Å². The van der Waals surface area contributed by atoms with Gasteiger partial charge in [0.05, 0.1) is 16.6 Å². The number of rotatable bonds is 2. The minimum absolute atomic E-state index is 0.104. The Balaban J connectivity index is 1.46. The fourth-order valence-corrected chi connectivity index (χ4v) is 5.82. The highest BCUT2D eigenvalue weighted by Crippen LogP contribution is 2.47. The van der Waals surface area contributed by atoms with Crippen molar-refractivity contribution in [1.29, 1.82) is 0 Å². The molecule has 2 aliphatic heterocycles. The Kier molecular flexibility index (Phi) is 3.85. The summed E-state index contributed by atoms with van der Waals surface area (Å²) in [6, 6.07) is 2.37. The van der Waals surface area contributed by atoms with Crippen molar-refractivity contribution in [2.45, 2.75) is 65.3 Å². The smallest absolute Gasteiger partial charge is 0.257 e. The molecule has 5 heteroatoms. The summed E-state index contributed by atoms with van der Waals surface area (Å²) in [6.45, 7) is 7.46. The van der Waals surface area contributed by atoms with Crippen LogP contribution in [0.2, 0.25) is 0 Å². The Morgan fingerprint density at radius 3 is 2.56 bits per heavy atom. The molecule has 4 heterocycles.